The molecule has 59 heavy (non-hydrogen) atoms. The Labute approximate surface area is 347 Å². The Kier molecular flexibility index (Phi) is 7.94. The van der Waals surface area contributed by atoms with Gasteiger partial charge >= 0.3 is 0 Å². The Morgan fingerprint density at radius 2 is 0.763 bits per heavy atom. The smallest absolute Gasteiger partial charge is 0.0465 e. The molecule has 0 heterocycles. The number of hydrogen-bond acceptors (Lipinski definition) is 1. The van der Waals surface area contributed by atoms with Crippen LogP contribution in [0, 0.1) is 0 Å². The average Bonchev–Trinajstić information content (AvgIpc) is 3.66. The molecule has 0 saturated heterocycles. The first-order valence-corrected chi connectivity index (χ1v) is 20.8. The maximum Gasteiger partial charge on any atom is 0.0465 e. The van der Waals surface area contributed by atoms with Crippen LogP contribution in [0.25, 0.3) is 66.4 Å². The first-order valence-electron chi connectivity index (χ1n) is 20.8. The van der Waals surface area contributed by atoms with Gasteiger partial charge < -0.3 is 4.90 Å². The molecule has 0 amide bonds. The summed E-state index contributed by atoms with van der Waals surface area (Å²) in [5.41, 5.74) is 21.5. The summed E-state index contributed by atoms with van der Waals surface area (Å²) >= 11 is 0. The molecule has 282 valence electrons. The van der Waals surface area contributed by atoms with Crippen LogP contribution in [0.1, 0.15) is 49.9 Å². The minimum absolute atomic E-state index is 0.102. The molecular formula is C58H45N. The van der Waals surface area contributed by atoms with Crippen LogP contribution in [0.3, 0.4) is 0 Å². The van der Waals surface area contributed by atoms with E-state index < -0.39 is 0 Å². The normalized spacial score (nSPS) is 14.0. The van der Waals surface area contributed by atoms with Crippen molar-refractivity contribution >= 4 is 27.8 Å². The van der Waals surface area contributed by atoms with Crippen LogP contribution in [-0.2, 0) is 10.8 Å². The van der Waals surface area contributed by atoms with Crippen molar-refractivity contribution < 1.29 is 0 Å². The van der Waals surface area contributed by atoms with Gasteiger partial charge in [0.1, 0.15) is 0 Å². The number of nitrogens with zero attached hydrogens (tertiary/aromatic N) is 1. The average molecular weight is 756 g/mol. The Hall–Kier alpha value is -6.96. The lowest BCUT2D eigenvalue weighted by atomic mass is 9.78. The van der Waals surface area contributed by atoms with E-state index in [1.54, 1.807) is 0 Å². The summed E-state index contributed by atoms with van der Waals surface area (Å²) in [6, 6.07) is 74.2. The molecule has 2 aliphatic carbocycles. The molecule has 9 aromatic carbocycles. The second-order valence-electron chi connectivity index (χ2n) is 17.3. The largest absolute Gasteiger partial charge is 0.310 e. The standard InChI is InChI=1S/C58H45N/c1-57(2)53-22-11-9-18-48(53)50-35-34-45(37-55(50)57)59(43-30-26-39(27-31-43)42-25-24-38-14-5-6-15-41(38)36-42)44-32-28-40(29-33-44)46-16-7-8-17-47(46)51-20-13-21-52-49-19-10-12-23-54(49)58(3,4)56(51)52/h5-37H,1-4H3. The quantitative estimate of drug-likeness (QED) is 0.163. The lowest BCUT2D eigenvalue weighted by Gasteiger charge is -2.28. The third-order valence-corrected chi connectivity index (χ3v) is 13.3. The van der Waals surface area contributed by atoms with Gasteiger partial charge in [0.15, 0.2) is 0 Å². The van der Waals surface area contributed by atoms with Gasteiger partial charge in [0.25, 0.3) is 0 Å². The highest BCUT2D eigenvalue weighted by molar-refractivity contribution is 5.94. The van der Waals surface area contributed by atoms with E-state index in [2.05, 4.69) is 233 Å². The SMILES string of the molecule is CC1(C)c2ccccc2-c2ccc(N(c3ccc(-c4ccc5ccccc5c4)cc3)c3ccc(-c4ccccc4-c4cccc5c4C(C)(C)c4ccccc4-5)cc3)cc21. The van der Waals surface area contributed by atoms with Gasteiger partial charge in [-0.15, -0.1) is 0 Å². The Morgan fingerprint density at radius 1 is 0.288 bits per heavy atom. The fourth-order valence-corrected chi connectivity index (χ4v) is 10.3. The lowest BCUT2D eigenvalue weighted by Crippen LogP contribution is -2.16. The number of fused-ring (bicyclic) bond motifs is 7. The van der Waals surface area contributed by atoms with Crippen molar-refractivity contribution in [2.45, 2.75) is 38.5 Å². The Balaban J connectivity index is 1.01. The zero-order chi connectivity index (χ0) is 39.9. The highest BCUT2D eigenvalue weighted by Crippen LogP contribution is 2.54. The van der Waals surface area contributed by atoms with E-state index in [9.17, 15) is 0 Å². The highest BCUT2D eigenvalue weighted by Gasteiger charge is 2.38. The fraction of sp³-hybridized carbons (Fsp3) is 0.103. The van der Waals surface area contributed by atoms with E-state index in [-0.39, 0.29) is 10.8 Å². The number of rotatable bonds is 6. The van der Waals surface area contributed by atoms with Crippen LogP contribution in [0.2, 0.25) is 0 Å². The molecule has 11 rings (SSSR count). The predicted octanol–water partition coefficient (Wildman–Crippen LogP) is 15.9. The predicted molar refractivity (Wildman–Crippen MR) is 250 cm³/mol. The molecule has 1 nitrogen and oxygen atoms in total. The van der Waals surface area contributed by atoms with Gasteiger partial charge in [-0.1, -0.05) is 185 Å². The molecule has 0 fully saturated rings. The van der Waals surface area contributed by atoms with Crippen LogP contribution in [-0.4, -0.2) is 0 Å². The van der Waals surface area contributed by atoms with E-state index in [0.717, 1.165) is 17.1 Å². The van der Waals surface area contributed by atoms with Crippen molar-refractivity contribution in [1.29, 1.82) is 0 Å². The third-order valence-electron chi connectivity index (χ3n) is 13.3. The summed E-state index contributed by atoms with van der Waals surface area (Å²) in [6.45, 7) is 9.47. The first kappa shape index (κ1) is 35.2. The van der Waals surface area contributed by atoms with Gasteiger partial charge in [-0.05, 0) is 131 Å². The minimum atomic E-state index is -0.103. The van der Waals surface area contributed by atoms with Crippen molar-refractivity contribution in [2.24, 2.45) is 0 Å². The monoisotopic (exact) mass is 755 g/mol. The highest BCUT2D eigenvalue weighted by atomic mass is 15.1. The Bertz CT molecular complexity index is 3090. The Morgan fingerprint density at radius 3 is 1.46 bits per heavy atom. The molecule has 0 N–H and O–H groups in total. The van der Waals surface area contributed by atoms with Crippen LogP contribution < -0.4 is 4.90 Å². The summed E-state index contributed by atoms with van der Waals surface area (Å²) in [6.07, 6.45) is 0. The molecule has 0 saturated carbocycles. The van der Waals surface area contributed by atoms with Gasteiger partial charge in [0.05, 0.1) is 0 Å². The fourth-order valence-electron chi connectivity index (χ4n) is 10.3. The zero-order valence-electron chi connectivity index (χ0n) is 34.0. The van der Waals surface area contributed by atoms with Crippen molar-refractivity contribution in [3.63, 3.8) is 0 Å². The molecule has 1 heteroatoms. The molecule has 0 atom stereocenters. The van der Waals surface area contributed by atoms with Crippen LogP contribution in [0.4, 0.5) is 17.1 Å². The maximum absolute atomic E-state index is 2.42. The second kappa shape index (κ2) is 13.3. The van der Waals surface area contributed by atoms with Gasteiger partial charge in [0, 0.05) is 27.9 Å². The minimum Gasteiger partial charge on any atom is -0.310 e. The van der Waals surface area contributed by atoms with Gasteiger partial charge in [-0.25, -0.2) is 0 Å². The maximum atomic E-state index is 2.42. The molecule has 0 bridgehead atoms. The molecular weight excluding hydrogens is 711 g/mol. The van der Waals surface area contributed by atoms with Crippen LogP contribution >= 0.6 is 0 Å². The van der Waals surface area contributed by atoms with Gasteiger partial charge in [-0.3, -0.25) is 0 Å². The zero-order valence-corrected chi connectivity index (χ0v) is 34.0. The summed E-state index contributed by atoms with van der Waals surface area (Å²) < 4.78 is 0. The number of hydrogen-bond donors (Lipinski definition) is 0. The van der Waals surface area contributed by atoms with E-state index in [1.807, 2.05) is 0 Å². The molecule has 0 radical (unpaired) electrons. The van der Waals surface area contributed by atoms with E-state index >= 15 is 0 Å². The van der Waals surface area contributed by atoms with Gasteiger partial charge in [-0.2, -0.15) is 0 Å². The molecule has 0 aromatic heterocycles. The molecule has 2 aliphatic rings. The van der Waals surface area contributed by atoms with Crippen molar-refractivity contribution in [3.8, 4) is 55.6 Å². The van der Waals surface area contributed by atoms with Gasteiger partial charge in [0.2, 0.25) is 0 Å². The summed E-state index contributed by atoms with van der Waals surface area (Å²) in [7, 11) is 0. The van der Waals surface area contributed by atoms with E-state index in [4.69, 9.17) is 0 Å². The molecule has 0 unspecified atom stereocenters. The molecule has 0 aliphatic heterocycles. The van der Waals surface area contributed by atoms with E-state index in [0.29, 0.717) is 0 Å². The summed E-state index contributed by atoms with van der Waals surface area (Å²) in [5, 5.41) is 2.51. The van der Waals surface area contributed by atoms with Crippen molar-refractivity contribution in [2.75, 3.05) is 4.90 Å². The number of anilines is 3. The van der Waals surface area contributed by atoms with Crippen LogP contribution in [0.15, 0.2) is 200 Å². The summed E-state index contributed by atoms with van der Waals surface area (Å²) in [5.74, 6) is 0. The van der Waals surface area contributed by atoms with Crippen LogP contribution in [0.5, 0.6) is 0 Å². The molecule has 9 aromatic rings. The summed E-state index contributed by atoms with van der Waals surface area (Å²) in [4.78, 5) is 2.42. The van der Waals surface area contributed by atoms with Crippen molar-refractivity contribution in [3.05, 3.63) is 222 Å². The van der Waals surface area contributed by atoms with E-state index in [1.165, 1.54) is 88.7 Å². The molecule has 0 spiro atoms. The topological polar surface area (TPSA) is 3.24 Å². The lowest BCUT2D eigenvalue weighted by molar-refractivity contribution is 0.660. The third kappa shape index (κ3) is 5.53. The number of benzene rings is 9. The first-order chi connectivity index (χ1) is 28.8. The van der Waals surface area contributed by atoms with Crippen molar-refractivity contribution in [1.82, 2.24) is 0 Å². The second-order valence-corrected chi connectivity index (χ2v) is 17.3.